The lowest BCUT2D eigenvalue weighted by Gasteiger charge is -2.59. The molecule has 1 aliphatic carbocycles. The molecule has 4 atom stereocenters. The maximum absolute atomic E-state index is 13.5. The Hall–Kier alpha value is -2.82. The SMILES string of the molecule is Cc1ccccc1NC(=O)[C@H]1C(=O)N(C)[C@@]23CCCC[C@H]2[C@H]1c1ccccc1O3. The van der Waals surface area contributed by atoms with Crippen molar-refractivity contribution < 1.29 is 14.3 Å². The summed E-state index contributed by atoms with van der Waals surface area (Å²) in [6, 6.07) is 15.6. The second-order valence-corrected chi connectivity index (χ2v) is 8.54. The first kappa shape index (κ1) is 18.2. The molecule has 5 rings (SSSR count). The van der Waals surface area contributed by atoms with Crippen LogP contribution in [0.15, 0.2) is 48.5 Å². The van der Waals surface area contributed by atoms with E-state index in [9.17, 15) is 9.59 Å². The van der Waals surface area contributed by atoms with Crippen LogP contribution in [0.4, 0.5) is 5.69 Å². The molecular weight excluding hydrogens is 364 g/mol. The average molecular weight is 390 g/mol. The molecule has 2 aromatic carbocycles. The molecule has 29 heavy (non-hydrogen) atoms. The van der Waals surface area contributed by atoms with E-state index < -0.39 is 11.6 Å². The molecule has 5 nitrogen and oxygen atoms in total. The number of nitrogens with one attached hydrogen (secondary N) is 1. The first-order valence-corrected chi connectivity index (χ1v) is 10.4. The molecule has 3 aliphatic rings. The fourth-order valence-corrected chi connectivity index (χ4v) is 5.64. The molecule has 2 aliphatic heterocycles. The number of ether oxygens (including phenoxy) is 1. The summed E-state index contributed by atoms with van der Waals surface area (Å²) in [5.74, 6) is -0.343. The van der Waals surface area contributed by atoms with Crippen molar-refractivity contribution in [1.82, 2.24) is 4.90 Å². The third kappa shape index (κ3) is 2.60. The highest BCUT2D eigenvalue weighted by atomic mass is 16.5. The highest BCUT2D eigenvalue weighted by molar-refractivity contribution is 6.08. The fraction of sp³-hybridized carbons (Fsp3) is 0.417. The molecule has 1 N–H and O–H groups in total. The standard InChI is InChI=1S/C24H26N2O3/c1-15-9-3-5-12-18(15)25-22(27)21-20-16-10-4-6-13-19(16)29-24(26(2)23(21)28)14-8-7-11-17(20)24/h3-6,9-10,12-13,17,20-21H,7-8,11,14H2,1-2H3,(H,25,27)/t17-,20+,21-,24+/m0/s1. The Labute approximate surface area is 171 Å². The molecular formula is C24H26N2O3. The van der Waals surface area contributed by atoms with Crippen molar-refractivity contribution in [2.45, 2.75) is 44.2 Å². The van der Waals surface area contributed by atoms with Gasteiger partial charge in [-0.2, -0.15) is 0 Å². The summed E-state index contributed by atoms with van der Waals surface area (Å²) in [6.07, 6.45) is 3.91. The van der Waals surface area contributed by atoms with Gasteiger partial charge in [-0.05, 0) is 43.0 Å². The first-order chi connectivity index (χ1) is 14.0. The number of carbonyl (C=O) groups excluding carboxylic acids is 2. The number of benzene rings is 2. The van der Waals surface area contributed by atoms with E-state index >= 15 is 0 Å². The quantitative estimate of drug-likeness (QED) is 0.786. The molecule has 2 aromatic rings. The van der Waals surface area contributed by atoms with Crippen LogP contribution in [-0.4, -0.2) is 29.5 Å². The number of fused-ring (bicyclic) bond motifs is 2. The number of piperidine rings is 1. The smallest absolute Gasteiger partial charge is 0.238 e. The summed E-state index contributed by atoms with van der Waals surface area (Å²) in [6.45, 7) is 1.96. The lowest BCUT2D eigenvalue weighted by atomic mass is 9.61. The topological polar surface area (TPSA) is 58.6 Å². The fourth-order valence-electron chi connectivity index (χ4n) is 5.64. The molecule has 1 saturated carbocycles. The van der Waals surface area contributed by atoms with Crippen LogP contribution in [-0.2, 0) is 9.59 Å². The molecule has 5 heteroatoms. The average Bonchev–Trinajstić information content (AvgIpc) is 2.73. The van der Waals surface area contributed by atoms with Crippen LogP contribution in [0.25, 0.3) is 0 Å². The van der Waals surface area contributed by atoms with E-state index in [1.165, 1.54) is 0 Å². The number of para-hydroxylation sites is 2. The van der Waals surface area contributed by atoms with Gasteiger partial charge >= 0.3 is 0 Å². The third-order valence-electron chi connectivity index (χ3n) is 7.09. The highest BCUT2D eigenvalue weighted by Gasteiger charge is 2.63. The van der Waals surface area contributed by atoms with E-state index in [0.29, 0.717) is 0 Å². The number of hydrogen-bond donors (Lipinski definition) is 1. The zero-order valence-corrected chi connectivity index (χ0v) is 16.9. The minimum absolute atomic E-state index is 0.126. The highest BCUT2D eigenvalue weighted by Crippen LogP contribution is 2.58. The van der Waals surface area contributed by atoms with Gasteiger partial charge < -0.3 is 15.0 Å². The van der Waals surface area contributed by atoms with E-state index in [4.69, 9.17) is 4.74 Å². The molecule has 2 bridgehead atoms. The summed E-state index contributed by atoms with van der Waals surface area (Å²) in [7, 11) is 1.80. The Kier molecular flexibility index (Phi) is 4.16. The van der Waals surface area contributed by atoms with Gasteiger partial charge in [-0.1, -0.05) is 42.8 Å². The van der Waals surface area contributed by atoms with Crippen molar-refractivity contribution in [3.05, 3.63) is 59.7 Å². The monoisotopic (exact) mass is 390 g/mol. The van der Waals surface area contributed by atoms with Gasteiger partial charge in [0, 0.05) is 31.0 Å². The van der Waals surface area contributed by atoms with Crippen LogP contribution < -0.4 is 10.1 Å². The molecule has 1 saturated heterocycles. The normalized spacial score (nSPS) is 30.1. The maximum atomic E-state index is 13.5. The zero-order valence-electron chi connectivity index (χ0n) is 16.9. The Balaban J connectivity index is 1.60. The van der Waals surface area contributed by atoms with Crippen molar-refractivity contribution >= 4 is 17.5 Å². The Morgan fingerprint density at radius 3 is 2.72 bits per heavy atom. The van der Waals surface area contributed by atoms with Crippen LogP contribution in [0.5, 0.6) is 5.75 Å². The number of likely N-dealkylation sites (tertiary alicyclic amines) is 1. The Morgan fingerprint density at radius 2 is 1.90 bits per heavy atom. The first-order valence-electron chi connectivity index (χ1n) is 10.4. The van der Waals surface area contributed by atoms with Gasteiger partial charge in [-0.3, -0.25) is 9.59 Å². The molecule has 0 radical (unpaired) electrons. The number of amides is 2. The van der Waals surface area contributed by atoms with Crippen LogP contribution in [0.2, 0.25) is 0 Å². The minimum Gasteiger partial charge on any atom is -0.467 e. The van der Waals surface area contributed by atoms with Gasteiger partial charge in [-0.25, -0.2) is 0 Å². The van der Waals surface area contributed by atoms with Crippen LogP contribution in [0.1, 0.15) is 42.7 Å². The molecule has 2 fully saturated rings. The number of carbonyl (C=O) groups is 2. The predicted molar refractivity (Wildman–Crippen MR) is 111 cm³/mol. The summed E-state index contributed by atoms with van der Waals surface area (Å²) < 4.78 is 6.52. The van der Waals surface area contributed by atoms with Crippen LogP contribution >= 0.6 is 0 Å². The van der Waals surface area contributed by atoms with Crippen molar-refractivity contribution in [2.75, 3.05) is 12.4 Å². The molecule has 150 valence electrons. The minimum atomic E-state index is -0.749. The van der Waals surface area contributed by atoms with Gasteiger partial charge in [0.25, 0.3) is 0 Å². The van der Waals surface area contributed by atoms with Gasteiger partial charge in [-0.15, -0.1) is 0 Å². The van der Waals surface area contributed by atoms with Gasteiger partial charge in [0.2, 0.25) is 11.8 Å². The van der Waals surface area contributed by atoms with Gasteiger partial charge in [0.15, 0.2) is 5.72 Å². The van der Waals surface area contributed by atoms with Crippen molar-refractivity contribution in [1.29, 1.82) is 0 Å². The van der Waals surface area contributed by atoms with Crippen molar-refractivity contribution in [3.63, 3.8) is 0 Å². The maximum Gasteiger partial charge on any atom is 0.238 e. The van der Waals surface area contributed by atoms with Gasteiger partial charge in [0.1, 0.15) is 11.7 Å². The lowest BCUT2D eigenvalue weighted by Crippen LogP contribution is -2.70. The molecule has 2 heterocycles. The second-order valence-electron chi connectivity index (χ2n) is 8.54. The summed E-state index contributed by atoms with van der Waals surface area (Å²) in [5.41, 5.74) is 2.10. The number of nitrogens with zero attached hydrogens (tertiary/aromatic N) is 1. The van der Waals surface area contributed by atoms with Gasteiger partial charge in [0.05, 0.1) is 0 Å². The Bertz CT molecular complexity index is 988. The van der Waals surface area contributed by atoms with Crippen LogP contribution in [0.3, 0.4) is 0 Å². The molecule has 0 aromatic heterocycles. The number of anilines is 1. The second kappa shape index (κ2) is 6.61. The number of hydrogen-bond acceptors (Lipinski definition) is 3. The summed E-state index contributed by atoms with van der Waals surface area (Å²) in [4.78, 5) is 28.7. The van der Waals surface area contributed by atoms with E-state index in [1.54, 1.807) is 11.9 Å². The molecule has 0 spiro atoms. The predicted octanol–water partition coefficient (Wildman–Crippen LogP) is 4.08. The molecule has 0 unspecified atom stereocenters. The summed E-state index contributed by atoms with van der Waals surface area (Å²) in [5, 5.41) is 3.03. The van der Waals surface area contributed by atoms with E-state index in [0.717, 1.165) is 48.2 Å². The zero-order chi connectivity index (χ0) is 20.2. The van der Waals surface area contributed by atoms with Crippen molar-refractivity contribution in [3.8, 4) is 5.75 Å². The van der Waals surface area contributed by atoms with Crippen LogP contribution in [0, 0.1) is 18.8 Å². The largest absolute Gasteiger partial charge is 0.467 e. The lowest BCUT2D eigenvalue weighted by molar-refractivity contribution is -0.201. The summed E-state index contributed by atoms with van der Waals surface area (Å²) >= 11 is 0. The Morgan fingerprint density at radius 1 is 1.14 bits per heavy atom. The third-order valence-corrected chi connectivity index (χ3v) is 7.09. The number of rotatable bonds is 2. The van der Waals surface area contributed by atoms with E-state index in [2.05, 4.69) is 5.32 Å². The molecule has 2 amide bonds. The van der Waals surface area contributed by atoms with E-state index in [1.807, 2.05) is 55.5 Å². The van der Waals surface area contributed by atoms with Crippen molar-refractivity contribution in [2.24, 2.45) is 11.8 Å². The number of aryl methyl sites for hydroxylation is 1. The van der Waals surface area contributed by atoms with E-state index in [-0.39, 0.29) is 23.7 Å².